The molecule has 0 spiro atoms. The normalized spacial score (nSPS) is 14.9. The molecule has 8 nitrogen and oxygen atoms in total. The van der Waals surface area contributed by atoms with E-state index in [2.05, 4.69) is 43.5 Å². The summed E-state index contributed by atoms with van der Waals surface area (Å²) in [5.74, 6) is -0.188. The third-order valence-corrected chi connectivity index (χ3v) is 9.84. The molecular formula is C41H80N2O6P+. The van der Waals surface area contributed by atoms with Crippen molar-refractivity contribution in [3.8, 4) is 0 Å². The number of allylic oxidation sites excluding steroid dienone is 5. The van der Waals surface area contributed by atoms with Crippen LogP contribution < -0.4 is 5.32 Å². The summed E-state index contributed by atoms with van der Waals surface area (Å²) in [6, 6.07) is -0.844. The van der Waals surface area contributed by atoms with E-state index >= 15 is 0 Å². The Hall–Kier alpha value is -1.28. The molecule has 3 atom stereocenters. The second-order valence-corrected chi connectivity index (χ2v) is 16.5. The van der Waals surface area contributed by atoms with E-state index in [9.17, 15) is 19.4 Å². The van der Waals surface area contributed by atoms with Gasteiger partial charge in [0.25, 0.3) is 0 Å². The highest BCUT2D eigenvalue weighted by atomic mass is 31.2. The fourth-order valence-corrected chi connectivity index (χ4v) is 6.28. The summed E-state index contributed by atoms with van der Waals surface area (Å²) < 4.78 is 23.4. The van der Waals surface area contributed by atoms with Gasteiger partial charge in [-0.15, -0.1) is 0 Å². The number of hydrogen-bond donors (Lipinski definition) is 3. The third kappa shape index (κ3) is 35.1. The molecule has 3 unspecified atom stereocenters. The van der Waals surface area contributed by atoms with Crippen molar-refractivity contribution < 1.29 is 32.9 Å². The van der Waals surface area contributed by atoms with E-state index in [0.717, 1.165) is 44.9 Å². The van der Waals surface area contributed by atoms with Crippen LogP contribution in [0.2, 0.25) is 0 Å². The Bertz CT molecular complexity index is 917. The Balaban J connectivity index is 4.25. The van der Waals surface area contributed by atoms with E-state index in [0.29, 0.717) is 17.4 Å². The lowest BCUT2D eigenvalue weighted by molar-refractivity contribution is -0.870. The van der Waals surface area contributed by atoms with Crippen LogP contribution in [0.4, 0.5) is 0 Å². The topological polar surface area (TPSA) is 105 Å². The summed E-state index contributed by atoms with van der Waals surface area (Å²) in [5.41, 5.74) is 0. The zero-order valence-corrected chi connectivity index (χ0v) is 34.0. The van der Waals surface area contributed by atoms with Crippen LogP contribution in [0, 0.1) is 0 Å². The van der Waals surface area contributed by atoms with Gasteiger partial charge in [-0.3, -0.25) is 13.8 Å². The average molecular weight is 728 g/mol. The van der Waals surface area contributed by atoms with Crippen molar-refractivity contribution in [1.82, 2.24) is 5.32 Å². The quantitative estimate of drug-likeness (QED) is 0.0257. The van der Waals surface area contributed by atoms with Crippen LogP contribution in [0.3, 0.4) is 0 Å². The van der Waals surface area contributed by atoms with Crippen molar-refractivity contribution in [3.05, 3.63) is 36.5 Å². The molecule has 294 valence electrons. The fourth-order valence-electron chi connectivity index (χ4n) is 5.54. The molecule has 0 aliphatic carbocycles. The molecule has 0 aromatic carbocycles. The zero-order valence-electron chi connectivity index (χ0n) is 33.1. The minimum Gasteiger partial charge on any atom is -0.387 e. The Morgan fingerprint density at radius 3 is 1.64 bits per heavy atom. The number of phosphoric ester groups is 1. The smallest absolute Gasteiger partial charge is 0.387 e. The number of phosphoric acid groups is 1. The van der Waals surface area contributed by atoms with Gasteiger partial charge in [-0.25, -0.2) is 4.57 Å². The fraction of sp³-hybridized carbons (Fsp3) is 0.829. The Labute approximate surface area is 308 Å². The van der Waals surface area contributed by atoms with Gasteiger partial charge in [0.05, 0.1) is 39.9 Å². The van der Waals surface area contributed by atoms with Crippen LogP contribution in [-0.2, 0) is 18.4 Å². The van der Waals surface area contributed by atoms with Crippen molar-refractivity contribution in [2.45, 2.75) is 180 Å². The van der Waals surface area contributed by atoms with Gasteiger partial charge in [-0.05, 0) is 51.4 Å². The molecule has 0 saturated carbocycles. The van der Waals surface area contributed by atoms with Crippen molar-refractivity contribution in [1.29, 1.82) is 0 Å². The number of hydrogen-bond acceptors (Lipinski definition) is 5. The SMILES string of the molecule is CCCCCCC/C=C\C/C=C\CCCCCCCCCCCC(=O)NC(COP(=O)(O)OCC[N+](C)(C)C)C(O)/C=C/CCCCCCC. The molecule has 50 heavy (non-hydrogen) atoms. The molecule has 0 aliphatic rings. The second-order valence-electron chi connectivity index (χ2n) is 15.0. The molecule has 0 saturated heterocycles. The van der Waals surface area contributed by atoms with Crippen LogP contribution >= 0.6 is 7.82 Å². The number of quaternary nitrogens is 1. The first-order valence-corrected chi connectivity index (χ1v) is 21.9. The molecular weight excluding hydrogens is 647 g/mol. The van der Waals surface area contributed by atoms with Crippen LogP contribution in [0.15, 0.2) is 36.5 Å². The average Bonchev–Trinajstić information content (AvgIpc) is 3.06. The largest absolute Gasteiger partial charge is 0.472 e. The van der Waals surface area contributed by atoms with Crippen molar-refractivity contribution in [2.24, 2.45) is 0 Å². The maximum absolute atomic E-state index is 12.8. The van der Waals surface area contributed by atoms with E-state index < -0.39 is 20.0 Å². The Morgan fingerprint density at radius 2 is 1.14 bits per heavy atom. The van der Waals surface area contributed by atoms with Crippen molar-refractivity contribution in [2.75, 3.05) is 40.9 Å². The summed E-state index contributed by atoms with van der Waals surface area (Å²) >= 11 is 0. The minimum atomic E-state index is -4.32. The van der Waals surface area contributed by atoms with Crippen LogP contribution in [0.25, 0.3) is 0 Å². The number of unbranched alkanes of at least 4 members (excludes halogenated alkanes) is 19. The highest BCUT2D eigenvalue weighted by molar-refractivity contribution is 7.47. The predicted octanol–water partition coefficient (Wildman–Crippen LogP) is 10.7. The van der Waals surface area contributed by atoms with Gasteiger partial charge in [0.2, 0.25) is 5.91 Å². The lowest BCUT2D eigenvalue weighted by Gasteiger charge is -2.25. The number of amides is 1. The standard InChI is InChI=1S/C41H79N2O6P/c1-6-8-10-12-14-15-16-17-18-19-20-21-22-23-24-25-26-27-29-31-33-35-41(45)42-39(40(44)34-32-30-28-13-11-9-7-2)38-49-50(46,47)48-37-36-43(3,4)5/h16-17,19-20,32,34,39-40,44H,6-15,18,21-31,33,35-38H2,1-5H3,(H-,42,45,46,47)/p+1/b17-16-,20-19-,34-32+. The molecule has 0 heterocycles. The number of likely N-dealkylation sites (N-methyl/N-ethyl adjacent to an activating group) is 1. The molecule has 0 radical (unpaired) electrons. The van der Waals surface area contributed by atoms with Crippen LogP contribution in [-0.4, -0.2) is 73.4 Å². The van der Waals surface area contributed by atoms with Crippen LogP contribution in [0.1, 0.15) is 168 Å². The monoisotopic (exact) mass is 728 g/mol. The molecule has 0 bridgehead atoms. The molecule has 0 fully saturated rings. The molecule has 0 aliphatic heterocycles. The van der Waals surface area contributed by atoms with Crippen molar-refractivity contribution >= 4 is 13.7 Å². The summed E-state index contributed by atoms with van der Waals surface area (Å²) in [6.45, 7) is 4.72. The number of nitrogens with one attached hydrogen (secondary N) is 1. The van der Waals surface area contributed by atoms with E-state index in [1.165, 1.54) is 103 Å². The van der Waals surface area contributed by atoms with Crippen LogP contribution in [0.5, 0.6) is 0 Å². The lowest BCUT2D eigenvalue weighted by Crippen LogP contribution is -2.45. The van der Waals surface area contributed by atoms with Gasteiger partial charge >= 0.3 is 7.82 Å². The Morgan fingerprint density at radius 1 is 0.680 bits per heavy atom. The molecule has 0 rings (SSSR count). The number of aliphatic hydroxyl groups is 1. The van der Waals surface area contributed by atoms with Gasteiger partial charge < -0.3 is 19.8 Å². The number of carbonyl (C=O) groups is 1. The lowest BCUT2D eigenvalue weighted by atomic mass is 10.0. The molecule has 3 N–H and O–H groups in total. The Kier molecular flexibility index (Phi) is 32.7. The second kappa shape index (κ2) is 33.5. The first kappa shape index (κ1) is 48.7. The van der Waals surface area contributed by atoms with E-state index in [4.69, 9.17) is 9.05 Å². The van der Waals surface area contributed by atoms with Crippen molar-refractivity contribution in [3.63, 3.8) is 0 Å². The highest BCUT2D eigenvalue weighted by Gasteiger charge is 2.27. The maximum Gasteiger partial charge on any atom is 0.472 e. The zero-order chi connectivity index (χ0) is 37.2. The first-order chi connectivity index (χ1) is 24.0. The summed E-state index contributed by atoms with van der Waals surface area (Å²) in [4.78, 5) is 22.9. The molecule has 1 amide bonds. The van der Waals surface area contributed by atoms with Gasteiger partial charge in [-0.2, -0.15) is 0 Å². The summed E-state index contributed by atoms with van der Waals surface area (Å²) in [6.07, 6.45) is 39.4. The third-order valence-electron chi connectivity index (χ3n) is 8.85. The summed E-state index contributed by atoms with van der Waals surface area (Å²) in [5, 5.41) is 13.7. The summed E-state index contributed by atoms with van der Waals surface area (Å²) in [7, 11) is 1.56. The van der Waals surface area contributed by atoms with E-state index in [1.54, 1.807) is 6.08 Å². The minimum absolute atomic E-state index is 0.0596. The highest BCUT2D eigenvalue weighted by Crippen LogP contribution is 2.43. The predicted molar refractivity (Wildman–Crippen MR) is 212 cm³/mol. The van der Waals surface area contributed by atoms with Gasteiger partial charge in [0, 0.05) is 6.42 Å². The van der Waals surface area contributed by atoms with E-state index in [-0.39, 0.29) is 19.1 Å². The first-order valence-electron chi connectivity index (χ1n) is 20.4. The number of aliphatic hydroxyl groups excluding tert-OH is 1. The van der Waals surface area contributed by atoms with Gasteiger partial charge in [0.15, 0.2) is 0 Å². The van der Waals surface area contributed by atoms with Gasteiger partial charge in [-0.1, -0.05) is 147 Å². The number of carbonyl (C=O) groups excluding carboxylic acids is 1. The molecule has 0 aromatic heterocycles. The van der Waals surface area contributed by atoms with Gasteiger partial charge in [0.1, 0.15) is 13.2 Å². The maximum atomic E-state index is 12.8. The number of nitrogens with zero attached hydrogens (tertiary/aromatic N) is 1. The number of rotatable bonds is 36. The molecule has 0 aromatic rings. The molecule has 9 heteroatoms. The van der Waals surface area contributed by atoms with E-state index in [1.807, 2.05) is 27.2 Å².